The summed E-state index contributed by atoms with van der Waals surface area (Å²) in [6.07, 6.45) is 9.04. The molecule has 5 heterocycles. The summed E-state index contributed by atoms with van der Waals surface area (Å²) in [7, 11) is -3.21. The van der Waals surface area contributed by atoms with Crippen molar-refractivity contribution in [3.8, 4) is 33.9 Å². The largest absolute Gasteiger partial charge is 0.335 e. The topological polar surface area (TPSA) is 130 Å². The number of fused-ring (bicyclic) bond motifs is 2. The Morgan fingerprint density at radius 1 is 0.947 bits per heavy atom. The smallest absolute Gasteiger partial charge is 0.161 e. The number of rotatable bonds is 6. The van der Waals surface area contributed by atoms with Gasteiger partial charge in [0, 0.05) is 36.0 Å². The molecular formula is C26H19F2N7O2S. The van der Waals surface area contributed by atoms with Crippen molar-refractivity contribution in [2.45, 2.75) is 6.42 Å². The van der Waals surface area contributed by atoms with Gasteiger partial charge in [0.1, 0.15) is 27.0 Å². The first-order valence-electron chi connectivity index (χ1n) is 11.5. The van der Waals surface area contributed by atoms with Crippen LogP contribution in [0.15, 0.2) is 61.3 Å². The summed E-state index contributed by atoms with van der Waals surface area (Å²) in [5.74, 6) is -0.886. The number of sulfone groups is 1. The Balaban J connectivity index is 1.46. The van der Waals surface area contributed by atoms with Gasteiger partial charge in [0.25, 0.3) is 0 Å². The highest BCUT2D eigenvalue weighted by Crippen LogP contribution is 2.34. The van der Waals surface area contributed by atoms with E-state index in [4.69, 9.17) is 0 Å². The second-order valence-electron chi connectivity index (χ2n) is 8.92. The van der Waals surface area contributed by atoms with Crippen LogP contribution in [0, 0.1) is 11.6 Å². The van der Waals surface area contributed by atoms with Gasteiger partial charge in [-0.05, 0) is 41.8 Å². The number of imidazole rings is 1. The zero-order valence-electron chi connectivity index (χ0n) is 19.9. The highest BCUT2D eigenvalue weighted by Gasteiger charge is 2.21. The van der Waals surface area contributed by atoms with Crippen molar-refractivity contribution < 1.29 is 17.2 Å². The van der Waals surface area contributed by atoms with Crippen LogP contribution in [0.4, 0.5) is 8.78 Å². The predicted molar refractivity (Wildman–Crippen MR) is 139 cm³/mol. The maximum absolute atomic E-state index is 15.7. The highest BCUT2D eigenvalue weighted by atomic mass is 32.2. The Kier molecular flexibility index (Phi) is 5.68. The summed E-state index contributed by atoms with van der Waals surface area (Å²) in [6, 6.07) is 7.78. The van der Waals surface area contributed by atoms with E-state index in [1.165, 1.54) is 24.5 Å². The summed E-state index contributed by atoms with van der Waals surface area (Å²) >= 11 is 0. The lowest BCUT2D eigenvalue weighted by Gasteiger charge is -2.07. The van der Waals surface area contributed by atoms with Crippen molar-refractivity contribution in [1.82, 2.24) is 35.1 Å². The summed E-state index contributed by atoms with van der Waals surface area (Å²) < 4.78 is 53.4. The number of aryl methyl sites for hydroxylation is 1. The molecule has 0 radical (unpaired) electrons. The van der Waals surface area contributed by atoms with Gasteiger partial charge in [-0.2, -0.15) is 5.10 Å². The first-order chi connectivity index (χ1) is 18.3. The summed E-state index contributed by atoms with van der Waals surface area (Å²) in [6.45, 7) is 0. The maximum atomic E-state index is 15.7. The quantitative estimate of drug-likeness (QED) is 0.324. The fourth-order valence-corrected chi connectivity index (χ4v) is 4.97. The Hall–Kier alpha value is -4.58. The normalized spacial score (nSPS) is 12.0. The molecule has 0 unspecified atom stereocenters. The third kappa shape index (κ3) is 4.39. The molecular weight excluding hydrogens is 512 g/mol. The highest BCUT2D eigenvalue weighted by molar-refractivity contribution is 7.90. The van der Waals surface area contributed by atoms with Crippen LogP contribution in [-0.4, -0.2) is 55.5 Å². The van der Waals surface area contributed by atoms with Crippen molar-refractivity contribution in [3.63, 3.8) is 0 Å². The van der Waals surface area contributed by atoms with Crippen LogP contribution in [-0.2, 0) is 16.3 Å². The summed E-state index contributed by atoms with van der Waals surface area (Å²) in [5, 5.41) is 7.29. The van der Waals surface area contributed by atoms with E-state index in [0.717, 1.165) is 6.26 Å². The molecule has 0 aliphatic rings. The second-order valence-corrected chi connectivity index (χ2v) is 11.2. The molecule has 2 N–H and O–H groups in total. The fraction of sp³-hybridized carbons (Fsp3) is 0.115. The van der Waals surface area contributed by atoms with Crippen molar-refractivity contribution in [2.75, 3.05) is 12.0 Å². The van der Waals surface area contributed by atoms with E-state index in [9.17, 15) is 12.8 Å². The van der Waals surface area contributed by atoms with Gasteiger partial charge in [0.05, 0.1) is 40.1 Å². The molecule has 9 nitrogen and oxygen atoms in total. The molecule has 0 spiro atoms. The first kappa shape index (κ1) is 23.8. The molecule has 6 aromatic rings. The number of aromatic nitrogens is 7. The Labute approximate surface area is 215 Å². The van der Waals surface area contributed by atoms with E-state index in [2.05, 4.69) is 35.1 Å². The van der Waals surface area contributed by atoms with Gasteiger partial charge in [0.15, 0.2) is 11.6 Å². The summed E-state index contributed by atoms with van der Waals surface area (Å²) in [4.78, 5) is 20.3. The number of halogens is 2. The average Bonchev–Trinajstić information content (AvgIpc) is 3.52. The molecule has 0 fully saturated rings. The van der Waals surface area contributed by atoms with Gasteiger partial charge in [-0.15, -0.1) is 0 Å². The Morgan fingerprint density at radius 2 is 1.82 bits per heavy atom. The minimum absolute atomic E-state index is 0.0986. The minimum atomic E-state index is -3.21. The Morgan fingerprint density at radius 3 is 2.61 bits per heavy atom. The zero-order valence-corrected chi connectivity index (χ0v) is 20.7. The van der Waals surface area contributed by atoms with Crippen molar-refractivity contribution >= 4 is 31.8 Å². The number of H-pyrrole nitrogens is 2. The lowest BCUT2D eigenvalue weighted by atomic mass is 10.0. The minimum Gasteiger partial charge on any atom is -0.335 e. The van der Waals surface area contributed by atoms with Crippen LogP contribution in [0.1, 0.15) is 5.56 Å². The molecule has 5 aromatic heterocycles. The molecule has 0 atom stereocenters. The number of nitrogens with zero attached hydrogens (tertiary/aromatic N) is 5. The molecule has 0 saturated carbocycles. The molecule has 1 aromatic carbocycles. The van der Waals surface area contributed by atoms with Gasteiger partial charge < -0.3 is 4.98 Å². The SMILES string of the molecule is CS(=O)(=O)CCc1cc(F)cc(-c2cncc3[nH]c(-c4n[nH]c5cnc(-c6cccnc6)c(F)c45)nc23)c1. The van der Waals surface area contributed by atoms with Gasteiger partial charge in [0.2, 0.25) is 0 Å². The molecule has 6 rings (SSSR count). The molecule has 12 heteroatoms. The van der Waals surface area contributed by atoms with Gasteiger partial charge in [-0.25, -0.2) is 22.2 Å². The molecule has 0 aliphatic heterocycles. The van der Waals surface area contributed by atoms with Crippen molar-refractivity contribution in [3.05, 3.63) is 78.5 Å². The molecule has 0 saturated heterocycles. The van der Waals surface area contributed by atoms with E-state index in [-0.39, 0.29) is 34.8 Å². The van der Waals surface area contributed by atoms with E-state index in [1.807, 2.05) is 0 Å². The number of hydrogen-bond acceptors (Lipinski definition) is 7. The molecule has 0 amide bonds. The summed E-state index contributed by atoms with van der Waals surface area (Å²) in [5.41, 5.74) is 3.87. The number of benzene rings is 1. The van der Waals surface area contributed by atoms with Crippen molar-refractivity contribution in [1.29, 1.82) is 0 Å². The monoisotopic (exact) mass is 531 g/mol. The van der Waals surface area contributed by atoms with Crippen LogP contribution >= 0.6 is 0 Å². The molecule has 190 valence electrons. The fourth-order valence-electron chi connectivity index (χ4n) is 4.36. The lowest BCUT2D eigenvalue weighted by molar-refractivity contribution is 0.600. The third-order valence-electron chi connectivity index (χ3n) is 6.13. The van der Waals surface area contributed by atoms with E-state index >= 15 is 4.39 Å². The van der Waals surface area contributed by atoms with Gasteiger partial charge in [-0.3, -0.25) is 20.1 Å². The Bertz CT molecular complexity index is 1940. The van der Waals surface area contributed by atoms with E-state index in [0.29, 0.717) is 38.8 Å². The third-order valence-corrected chi connectivity index (χ3v) is 7.07. The first-order valence-corrected chi connectivity index (χ1v) is 13.6. The number of aromatic amines is 2. The van der Waals surface area contributed by atoms with Gasteiger partial charge in [-0.1, -0.05) is 6.07 Å². The lowest BCUT2D eigenvalue weighted by Crippen LogP contribution is -2.06. The van der Waals surface area contributed by atoms with Crippen LogP contribution in [0.5, 0.6) is 0 Å². The van der Waals surface area contributed by atoms with Crippen LogP contribution in [0.2, 0.25) is 0 Å². The molecule has 0 bridgehead atoms. The van der Waals surface area contributed by atoms with Crippen molar-refractivity contribution in [2.24, 2.45) is 0 Å². The maximum Gasteiger partial charge on any atom is 0.161 e. The van der Waals surface area contributed by atoms with Gasteiger partial charge >= 0.3 is 0 Å². The van der Waals surface area contributed by atoms with E-state index in [1.54, 1.807) is 36.8 Å². The van der Waals surface area contributed by atoms with Crippen LogP contribution < -0.4 is 0 Å². The molecule has 38 heavy (non-hydrogen) atoms. The molecule has 0 aliphatic carbocycles. The average molecular weight is 532 g/mol. The standard InChI is InChI=1S/C26H19F2N7O2S/c1-38(36,37)6-4-14-7-16(9-17(27)8-14)18-11-30-12-20-24(18)33-26(32-20)25-21-19(34-35-25)13-31-23(22(21)28)15-3-2-5-29-10-15/h2-3,5,7-13H,4,6H2,1H3,(H,32,33)(H,34,35). The second kappa shape index (κ2) is 9.06. The number of pyridine rings is 3. The van der Waals surface area contributed by atoms with Crippen LogP contribution in [0.3, 0.4) is 0 Å². The predicted octanol–water partition coefficient (Wildman–Crippen LogP) is 4.49. The zero-order chi connectivity index (χ0) is 26.4. The number of nitrogens with one attached hydrogen (secondary N) is 2. The number of hydrogen-bond donors (Lipinski definition) is 2. The van der Waals surface area contributed by atoms with Crippen LogP contribution in [0.25, 0.3) is 55.8 Å². The van der Waals surface area contributed by atoms with E-state index < -0.39 is 21.5 Å².